The molecule has 0 aliphatic heterocycles. The highest BCUT2D eigenvalue weighted by molar-refractivity contribution is 7.10. The lowest BCUT2D eigenvalue weighted by molar-refractivity contribution is -0.115. The summed E-state index contributed by atoms with van der Waals surface area (Å²) in [5.74, 6) is -0.0673. The minimum absolute atomic E-state index is 0.0673. The van der Waals surface area contributed by atoms with Gasteiger partial charge in [0, 0.05) is 40.3 Å². The van der Waals surface area contributed by atoms with Gasteiger partial charge in [0.2, 0.25) is 5.91 Å². The number of carbonyl (C=O) groups excluding carboxylic acids is 1. The maximum atomic E-state index is 12.4. The van der Waals surface area contributed by atoms with Crippen molar-refractivity contribution in [3.63, 3.8) is 0 Å². The molecule has 3 aromatic heterocycles. The Bertz CT molecular complexity index is 850. The molecule has 23 heavy (non-hydrogen) atoms. The van der Waals surface area contributed by atoms with Crippen molar-refractivity contribution in [1.82, 2.24) is 14.8 Å². The molecule has 0 fully saturated rings. The normalized spacial score (nSPS) is 10.7. The summed E-state index contributed by atoms with van der Waals surface area (Å²) < 4.78 is 1.77. The highest BCUT2D eigenvalue weighted by Gasteiger charge is 2.13. The lowest BCUT2D eigenvalue weighted by Crippen LogP contribution is -2.15. The number of carbonyl (C=O) groups is 1. The van der Waals surface area contributed by atoms with Crippen molar-refractivity contribution >= 4 is 22.9 Å². The second-order valence-electron chi connectivity index (χ2n) is 5.45. The van der Waals surface area contributed by atoms with E-state index in [2.05, 4.69) is 33.8 Å². The van der Waals surface area contributed by atoms with E-state index in [1.54, 1.807) is 28.4 Å². The van der Waals surface area contributed by atoms with Crippen LogP contribution in [0.15, 0.2) is 36.0 Å². The molecule has 3 rings (SSSR count). The second-order valence-corrected chi connectivity index (χ2v) is 6.56. The molecule has 0 spiro atoms. The van der Waals surface area contributed by atoms with Gasteiger partial charge in [-0.25, -0.2) is 0 Å². The van der Waals surface area contributed by atoms with Gasteiger partial charge in [0.15, 0.2) is 0 Å². The Morgan fingerprint density at radius 3 is 2.87 bits per heavy atom. The molecule has 0 aromatic carbocycles. The molecular weight excluding hydrogens is 308 g/mol. The molecule has 1 N–H and O–H groups in total. The summed E-state index contributed by atoms with van der Waals surface area (Å²) in [7, 11) is 1.87. The SMILES string of the molecule is Cc1cc(-c2ncccc2NC(=O)Cc2cnn(C)c2C)cs1. The number of nitrogens with one attached hydrogen (secondary N) is 1. The number of hydrogen-bond acceptors (Lipinski definition) is 4. The minimum Gasteiger partial charge on any atom is -0.324 e. The number of rotatable bonds is 4. The number of anilines is 1. The van der Waals surface area contributed by atoms with Crippen LogP contribution in [-0.2, 0) is 18.3 Å². The summed E-state index contributed by atoms with van der Waals surface area (Å²) >= 11 is 1.67. The minimum atomic E-state index is -0.0673. The van der Waals surface area contributed by atoms with Gasteiger partial charge in [0.25, 0.3) is 0 Å². The number of pyridine rings is 1. The zero-order valence-corrected chi connectivity index (χ0v) is 14.1. The number of amides is 1. The Hall–Kier alpha value is -2.47. The lowest BCUT2D eigenvalue weighted by Gasteiger charge is -2.09. The van der Waals surface area contributed by atoms with Crippen molar-refractivity contribution in [3.8, 4) is 11.3 Å². The highest BCUT2D eigenvalue weighted by atomic mass is 32.1. The molecule has 5 nitrogen and oxygen atoms in total. The summed E-state index contributed by atoms with van der Waals surface area (Å²) in [4.78, 5) is 18.0. The molecule has 0 aliphatic rings. The fourth-order valence-corrected chi connectivity index (χ4v) is 3.08. The molecule has 1 amide bonds. The van der Waals surface area contributed by atoms with Crippen LogP contribution in [0, 0.1) is 13.8 Å². The predicted molar refractivity (Wildman–Crippen MR) is 92.6 cm³/mol. The molecule has 6 heteroatoms. The zero-order chi connectivity index (χ0) is 16.4. The molecule has 0 saturated carbocycles. The van der Waals surface area contributed by atoms with Gasteiger partial charge in [0.05, 0.1) is 24.0 Å². The van der Waals surface area contributed by atoms with Crippen LogP contribution < -0.4 is 5.32 Å². The summed E-state index contributed by atoms with van der Waals surface area (Å²) in [5.41, 5.74) is 4.49. The van der Waals surface area contributed by atoms with E-state index in [1.165, 1.54) is 4.88 Å². The third-order valence-corrected chi connectivity index (χ3v) is 4.64. The van der Waals surface area contributed by atoms with Gasteiger partial charge in [-0.1, -0.05) is 0 Å². The van der Waals surface area contributed by atoms with Crippen molar-refractivity contribution < 1.29 is 4.79 Å². The average molecular weight is 326 g/mol. The van der Waals surface area contributed by atoms with Crippen LogP contribution in [0.3, 0.4) is 0 Å². The molecule has 0 atom stereocenters. The Morgan fingerprint density at radius 2 is 2.22 bits per heavy atom. The summed E-state index contributed by atoms with van der Waals surface area (Å²) in [6.45, 7) is 4.01. The van der Waals surface area contributed by atoms with Crippen molar-refractivity contribution in [2.24, 2.45) is 7.05 Å². The first-order chi connectivity index (χ1) is 11.0. The van der Waals surface area contributed by atoms with E-state index in [4.69, 9.17) is 0 Å². The molecule has 0 radical (unpaired) electrons. The summed E-state index contributed by atoms with van der Waals surface area (Å²) in [6, 6.07) is 5.78. The Kier molecular flexibility index (Phi) is 4.25. The van der Waals surface area contributed by atoms with Crippen LogP contribution in [0.1, 0.15) is 16.1 Å². The number of aromatic nitrogens is 3. The average Bonchev–Trinajstić information content (AvgIpc) is 3.09. The van der Waals surface area contributed by atoms with Crippen LogP contribution >= 0.6 is 11.3 Å². The Balaban J connectivity index is 1.80. The smallest absolute Gasteiger partial charge is 0.228 e. The predicted octanol–water partition coefficient (Wildman–Crippen LogP) is 3.34. The topological polar surface area (TPSA) is 59.8 Å². The molecule has 0 aliphatic carbocycles. The number of aryl methyl sites for hydroxylation is 2. The number of nitrogens with zero attached hydrogens (tertiary/aromatic N) is 3. The van der Waals surface area contributed by atoms with Crippen LogP contribution in [0.4, 0.5) is 5.69 Å². The van der Waals surface area contributed by atoms with E-state index < -0.39 is 0 Å². The molecule has 3 heterocycles. The molecule has 118 valence electrons. The van der Waals surface area contributed by atoms with E-state index in [0.29, 0.717) is 6.42 Å². The van der Waals surface area contributed by atoms with E-state index in [1.807, 2.05) is 26.1 Å². The largest absolute Gasteiger partial charge is 0.324 e. The summed E-state index contributed by atoms with van der Waals surface area (Å²) in [6.07, 6.45) is 3.78. The van der Waals surface area contributed by atoms with Gasteiger partial charge in [-0.05, 0) is 32.0 Å². The van der Waals surface area contributed by atoms with Crippen LogP contribution in [0.2, 0.25) is 0 Å². The van der Waals surface area contributed by atoms with E-state index in [9.17, 15) is 4.79 Å². The van der Waals surface area contributed by atoms with Crippen LogP contribution in [0.5, 0.6) is 0 Å². The monoisotopic (exact) mass is 326 g/mol. The Morgan fingerprint density at radius 1 is 1.39 bits per heavy atom. The van der Waals surface area contributed by atoms with Crippen molar-refractivity contribution in [2.75, 3.05) is 5.32 Å². The maximum absolute atomic E-state index is 12.4. The van der Waals surface area contributed by atoms with Crippen LogP contribution in [-0.4, -0.2) is 20.7 Å². The van der Waals surface area contributed by atoms with Gasteiger partial charge in [-0.2, -0.15) is 5.10 Å². The number of hydrogen-bond donors (Lipinski definition) is 1. The first-order valence-electron chi connectivity index (χ1n) is 7.32. The zero-order valence-electron chi connectivity index (χ0n) is 13.3. The lowest BCUT2D eigenvalue weighted by atomic mass is 10.1. The highest BCUT2D eigenvalue weighted by Crippen LogP contribution is 2.29. The van der Waals surface area contributed by atoms with Gasteiger partial charge in [-0.3, -0.25) is 14.5 Å². The standard InChI is InChI=1S/C17H18N4OS/c1-11-7-14(10-23-11)17-15(5-4-6-18-17)20-16(22)8-13-9-19-21(3)12(13)2/h4-7,9-10H,8H2,1-3H3,(H,20,22). The maximum Gasteiger partial charge on any atom is 0.228 e. The molecular formula is C17H18N4OS. The van der Waals surface area contributed by atoms with Crippen molar-refractivity contribution in [2.45, 2.75) is 20.3 Å². The molecule has 0 unspecified atom stereocenters. The molecule has 3 aromatic rings. The molecule has 0 bridgehead atoms. The van der Waals surface area contributed by atoms with Gasteiger partial charge >= 0.3 is 0 Å². The fraction of sp³-hybridized carbons (Fsp3) is 0.235. The van der Waals surface area contributed by atoms with Crippen LogP contribution in [0.25, 0.3) is 11.3 Å². The third kappa shape index (κ3) is 3.32. The number of thiophene rings is 1. The van der Waals surface area contributed by atoms with Gasteiger partial charge in [-0.15, -0.1) is 11.3 Å². The van der Waals surface area contributed by atoms with E-state index in [-0.39, 0.29) is 5.91 Å². The fourth-order valence-electron chi connectivity index (χ4n) is 2.39. The quantitative estimate of drug-likeness (QED) is 0.800. The van der Waals surface area contributed by atoms with E-state index in [0.717, 1.165) is 28.2 Å². The summed E-state index contributed by atoms with van der Waals surface area (Å²) in [5, 5.41) is 9.19. The first-order valence-corrected chi connectivity index (χ1v) is 8.20. The van der Waals surface area contributed by atoms with Gasteiger partial charge in [0.1, 0.15) is 0 Å². The second kappa shape index (κ2) is 6.34. The first kappa shape index (κ1) is 15.4. The Labute approximate surface area is 139 Å². The van der Waals surface area contributed by atoms with Crippen molar-refractivity contribution in [3.05, 3.63) is 52.1 Å². The third-order valence-electron chi connectivity index (χ3n) is 3.77. The van der Waals surface area contributed by atoms with Crippen molar-refractivity contribution in [1.29, 1.82) is 0 Å². The van der Waals surface area contributed by atoms with E-state index >= 15 is 0 Å². The van der Waals surface area contributed by atoms with Gasteiger partial charge < -0.3 is 5.32 Å². The molecule has 0 saturated heterocycles.